The van der Waals surface area contributed by atoms with Gasteiger partial charge in [0.15, 0.2) is 0 Å². The van der Waals surface area contributed by atoms with E-state index in [4.69, 9.17) is 4.42 Å². The first-order chi connectivity index (χ1) is 6.74. The van der Waals surface area contributed by atoms with E-state index in [9.17, 15) is 9.90 Å². The highest BCUT2D eigenvalue weighted by Crippen LogP contribution is 2.21. The molecule has 0 fully saturated rings. The Hall–Kier alpha value is -1.29. The summed E-state index contributed by atoms with van der Waals surface area (Å²) in [6, 6.07) is 1.58. The molecular formula is C11H17NO3. The average molecular weight is 211 g/mol. The van der Waals surface area contributed by atoms with Crippen molar-refractivity contribution in [3.05, 3.63) is 24.2 Å². The predicted molar refractivity (Wildman–Crippen MR) is 56.6 cm³/mol. The third-order valence-corrected chi connectivity index (χ3v) is 2.74. The van der Waals surface area contributed by atoms with Crippen LogP contribution in [0.2, 0.25) is 0 Å². The SMILES string of the molecule is CC(C)(O)C(C)(C)NC(=O)c1ccoc1. The number of hydrogen-bond acceptors (Lipinski definition) is 3. The van der Waals surface area contributed by atoms with Crippen LogP contribution in [0.15, 0.2) is 23.0 Å². The molecule has 0 atom stereocenters. The van der Waals surface area contributed by atoms with E-state index in [-0.39, 0.29) is 5.91 Å². The lowest BCUT2D eigenvalue weighted by Gasteiger charge is -2.37. The van der Waals surface area contributed by atoms with Crippen molar-refractivity contribution in [2.75, 3.05) is 0 Å². The minimum Gasteiger partial charge on any atom is -0.472 e. The fraction of sp³-hybridized carbons (Fsp3) is 0.545. The van der Waals surface area contributed by atoms with Gasteiger partial charge < -0.3 is 14.8 Å². The molecule has 2 N–H and O–H groups in total. The van der Waals surface area contributed by atoms with Crippen molar-refractivity contribution in [2.24, 2.45) is 0 Å². The summed E-state index contributed by atoms with van der Waals surface area (Å²) in [5.74, 6) is -0.254. The number of furan rings is 1. The fourth-order valence-corrected chi connectivity index (χ4v) is 0.903. The van der Waals surface area contributed by atoms with Crippen molar-refractivity contribution in [1.29, 1.82) is 0 Å². The third-order valence-electron chi connectivity index (χ3n) is 2.74. The van der Waals surface area contributed by atoms with Gasteiger partial charge >= 0.3 is 0 Å². The topological polar surface area (TPSA) is 62.5 Å². The van der Waals surface area contributed by atoms with Crippen molar-refractivity contribution in [3.63, 3.8) is 0 Å². The maximum absolute atomic E-state index is 11.7. The van der Waals surface area contributed by atoms with Crippen molar-refractivity contribution in [3.8, 4) is 0 Å². The first-order valence-electron chi connectivity index (χ1n) is 4.81. The van der Waals surface area contributed by atoms with E-state index >= 15 is 0 Å². The molecular weight excluding hydrogens is 194 g/mol. The Kier molecular flexibility index (Phi) is 2.90. The zero-order valence-electron chi connectivity index (χ0n) is 9.50. The smallest absolute Gasteiger partial charge is 0.255 e. The quantitative estimate of drug-likeness (QED) is 0.797. The summed E-state index contributed by atoms with van der Waals surface area (Å²) >= 11 is 0. The lowest BCUT2D eigenvalue weighted by Crippen LogP contribution is -2.57. The van der Waals surface area contributed by atoms with E-state index in [1.165, 1.54) is 12.5 Å². The minimum atomic E-state index is -0.994. The van der Waals surface area contributed by atoms with Gasteiger partial charge in [0.2, 0.25) is 0 Å². The molecule has 0 radical (unpaired) electrons. The molecule has 0 spiro atoms. The fourth-order valence-electron chi connectivity index (χ4n) is 0.903. The van der Waals surface area contributed by atoms with Gasteiger partial charge in [-0.15, -0.1) is 0 Å². The van der Waals surface area contributed by atoms with Crippen molar-refractivity contribution in [2.45, 2.75) is 38.8 Å². The number of carbonyl (C=O) groups is 1. The van der Waals surface area contributed by atoms with E-state index in [2.05, 4.69) is 5.32 Å². The van der Waals surface area contributed by atoms with Crippen LogP contribution >= 0.6 is 0 Å². The zero-order chi connectivity index (χ0) is 11.7. The molecule has 1 heterocycles. The summed E-state index contributed by atoms with van der Waals surface area (Å²) in [5, 5.41) is 12.6. The van der Waals surface area contributed by atoms with Gasteiger partial charge in [-0.1, -0.05) is 0 Å². The Morgan fingerprint density at radius 3 is 2.40 bits per heavy atom. The van der Waals surface area contributed by atoms with Crippen LogP contribution in [0.3, 0.4) is 0 Å². The lowest BCUT2D eigenvalue weighted by molar-refractivity contribution is -0.00294. The van der Waals surface area contributed by atoms with Gasteiger partial charge in [0.05, 0.1) is 23.0 Å². The molecule has 1 amide bonds. The van der Waals surface area contributed by atoms with E-state index in [0.29, 0.717) is 5.56 Å². The molecule has 15 heavy (non-hydrogen) atoms. The summed E-state index contributed by atoms with van der Waals surface area (Å²) in [6.45, 7) is 6.85. The Balaban J connectivity index is 2.75. The minimum absolute atomic E-state index is 0.254. The van der Waals surface area contributed by atoms with Crippen LogP contribution < -0.4 is 5.32 Å². The Morgan fingerprint density at radius 2 is 2.00 bits per heavy atom. The van der Waals surface area contributed by atoms with Gasteiger partial charge in [-0.2, -0.15) is 0 Å². The third kappa shape index (κ3) is 2.59. The highest BCUT2D eigenvalue weighted by molar-refractivity contribution is 5.94. The molecule has 1 aromatic rings. The standard InChI is InChI=1S/C11H17NO3/c1-10(2,11(3,4)14)12-9(13)8-5-6-15-7-8/h5-7,14H,1-4H3,(H,12,13). The molecule has 4 heteroatoms. The lowest BCUT2D eigenvalue weighted by atomic mass is 9.86. The number of hydrogen-bond donors (Lipinski definition) is 2. The zero-order valence-corrected chi connectivity index (χ0v) is 9.50. The van der Waals surface area contributed by atoms with Gasteiger partial charge in [-0.05, 0) is 33.8 Å². The van der Waals surface area contributed by atoms with Crippen LogP contribution in [0.1, 0.15) is 38.1 Å². The van der Waals surface area contributed by atoms with Crippen LogP contribution in [-0.2, 0) is 0 Å². The van der Waals surface area contributed by atoms with Gasteiger partial charge in [-0.3, -0.25) is 4.79 Å². The Morgan fingerprint density at radius 1 is 1.40 bits per heavy atom. The number of rotatable bonds is 3. The monoisotopic (exact) mass is 211 g/mol. The average Bonchev–Trinajstić information content (AvgIpc) is 2.51. The van der Waals surface area contributed by atoms with Crippen LogP contribution in [0.25, 0.3) is 0 Å². The van der Waals surface area contributed by atoms with Crippen molar-refractivity contribution < 1.29 is 14.3 Å². The van der Waals surface area contributed by atoms with Gasteiger partial charge in [0.25, 0.3) is 5.91 Å². The maximum atomic E-state index is 11.7. The summed E-state index contributed by atoms with van der Waals surface area (Å²) in [6.07, 6.45) is 2.81. The number of carbonyl (C=O) groups excluding carboxylic acids is 1. The molecule has 0 unspecified atom stereocenters. The van der Waals surface area contributed by atoms with E-state index in [1.807, 2.05) is 0 Å². The van der Waals surface area contributed by atoms with Crippen molar-refractivity contribution in [1.82, 2.24) is 5.32 Å². The first kappa shape index (κ1) is 11.8. The second-order valence-corrected chi connectivity index (χ2v) is 4.65. The molecule has 0 saturated carbocycles. The van der Waals surface area contributed by atoms with E-state index in [0.717, 1.165) is 0 Å². The molecule has 0 aliphatic carbocycles. The summed E-state index contributed by atoms with van der Waals surface area (Å²) in [5.41, 5.74) is -1.25. The molecule has 4 nitrogen and oxygen atoms in total. The Labute approximate surface area is 89.3 Å². The molecule has 1 rings (SSSR count). The first-order valence-corrected chi connectivity index (χ1v) is 4.81. The molecule has 0 aliphatic rings. The predicted octanol–water partition coefficient (Wildman–Crippen LogP) is 1.56. The van der Waals surface area contributed by atoms with Crippen molar-refractivity contribution >= 4 is 5.91 Å². The summed E-state index contributed by atoms with van der Waals surface area (Å²) in [4.78, 5) is 11.7. The highest BCUT2D eigenvalue weighted by atomic mass is 16.3. The molecule has 0 aliphatic heterocycles. The van der Waals surface area contributed by atoms with Gasteiger partial charge in [-0.25, -0.2) is 0 Å². The Bertz CT molecular complexity index is 333. The van der Waals surface area contributed by atoms with Crippen LogP contribution in [0.4, 0.5) is 0 Å². The van der Waals surface area contributed by atoms with Crippen LogP contribution in [-0.4, -0.2) is 22.2 Å². The molecule has 84 valence electrons. The summed E-state index contributed by atoms with van der Waals surface area (Å²) < 4.78 is 4.81. The van der Waals surface area contributed by atoms with Gasteiger partial charge in [0, 0.05) is 0 Å². The summed E-state index contributed by atoms with van der Waals surface area (Å²) in [7, 11) is 0. The second kappa shape index (κ2) is 3.70. The van der Waals surface area contributed by atoms with Crippen LogP contribution in [0, 0.1) is 0 Å². The number of nitrogens with one attached hydrogen (secondary N) is 1. The van der Waals surface area contributed by atoms with Crippen LogP contribution in [0.5, 0.6) is 0 Å². The molecule has 0 bridgehead atoms. The highest BCUT2D eigenvalue weighted by Gasteiger charge is 2.36. The number of aliphatic hydroxyl groups is 1. The largest absolute Gasteiger partial charge is 0.472 e. The normalized spacial score (nSPS) is 12.6. The number of amides is 1. The van der Waals surface area contributed by atoms with E-state index in [1.54, 1.807) is 33.8 Å². The second-order valence-electron chi connectivity index (χ2n) is 4.65. The van der Waals surface area contributed by atoms with E-state index < -0.39 is 11.1 Å². The molecule has 1 aromatic heterocycles. The maximum Gasteiger partial charge on any atom is 0.255 e. The molecule has 0 aromatic carbocycles. The van der Waals surface area contributed by atoms with Gasteiger partial charge in [0.1, 0.15) is 6.26 Å². The molecule has 0 saturated heterocycles.